The fraction of sp³-hybridized carbons (Fsp3) is 0.154. The van der Waals surface area contributed by atoms with Crippen molar-refractivity contribution in [2.24, 2.45) is 0 Å². The molecule has 0 saturated carbocycles. The smallest absolute Gasteiger partial charge is 0.259 e. The van der Waals surface area contributed by atoms with Crippen LogP contribution in [0.15, 0.2) is 35.2 Å². The third-order valence-electron chi connectivity index (χ3n) is 2.46. The number of carbonyl (C=O) groups excluding carboxylic acids is 1. The number of nitrogens with zero attached hydrogens (tertiary/aromatic N) is 2. The molecule has 1 aromatic carbocycles. The van der Waals surface area contributed by atoms with Crippen LogP contribution in [-0.2, 0) is 0 Å². The van der Waals surface area contributed by atoms with E-state index in [9.17, 15) is 4.79 Å². The summed E-state index contributed by atoms with van der Waals surface area (Å²) in [7, 11) is 1.47. The zero-order valence-electron chi connectivity index (χ0n) is 10.9. The Hall–Kier alpha value is -1.79. The Balaban J connectivity index is 2.25. The van der Waals surface area contributed by atoms with Crippen LogP contribution >= 0.6 is 23.4 Å². The Kier molecular flexibility index (Phi) is 4.81. The quantitative estimate of drug-likeness (QED) is 0.694. The number of benzene rings is 1. The molecule has 0 bridgehead atoms. The molecule has 0 aliphatic rings. The second kappa shape index (κ2) is 6.58. The summed E-state index contributed by atoms with van der Waals surface area (Å²) >= 11 is 7.32. The van der Waals surface area contributed by atoms with Crippen molar-refractivity contribution >= 4 is 35.2 Å². The summed E-state index contributed by atoms with van der Waals surface area (Å²) in [6.07, 6.45) is 1.91. The van der Waals surface area contributed by atoms with Gasteiger partial charge < -0.3 is 4.74 Å². The largest absolute Gasteiger partial charge is 0.481 e. The van der Waals surface area contributed by atoms with Gasteiger partial charge >= 0.3 is 0 Å². The van der Waals surface area contributed by atoms with E-state index in [4.69, 9.17) is 16.3 Å². The Labute approximate surface area is 125 Å². The van der Waals surface area contributed by atoms with Gasteiger partial charge in [0.1, 0.15) is 5.15 Å². The number of amides is 1. The second-order valence-electron chi connectivity index (χ2n) is 3.71. The Morgan fingerprint density at radius 1 is 1.35 bits per heavy atom. The van der Waals surface area contributed by atoms with Crippen molar-refractivity contribution in [2.45, 2.75) is 4.90 Å². The molecule has 0 aliphatic carbocycles. The van der Waals surface area contributed by atoms with Gasteiger partial charge in [-0.25, -0.2) is 4.98 Å². The molecule has 1 heterocycles. The average molecular weight is 310 g/mol. The Bertz CT molecular complexity index is 637. The first-order valence-electron chi connectivity index (χ1n) is 5.67. The van der Waals surface area contributed by atoms with Crippen LogP contribution in [0.2, 0.25) is 5.15 Å². The lowest BCUT2D eigenvalue weighted by Gasteiger charge is -2.08. The highest BCUT2D eigenvalue weighted by Crippen LogP contribution is 2.21. The number of ether oxygens (including phenoxy) is 1. The van der Waals surface area contributed by atoms with Crippen molar-refractivity contribution in [2.75, 3.05) is 18.7 Å². The molecule has 5 nitrogen and oxygen atoms in total. The minimum absolute atomic E-state index is 0.107. The van der Waals surface area contributed by atoms with Gasteiger partial charge in [0.25, 0.3) is 5.91 Å². The number of hydrogen-bond donors (Lipinski definition) is 1. The van der Waals surface area contributed by atoms with Crippen molar-refractivity contribution in [3.63, 3.8) is 0 Å². The molecule has 2 rings (SSSR count). The van der Waals surface area contributed by atoms with E-state index in [0.29, 0.717) is 11.4 Å². The fourth-order valence-corrected chi connectivity index (χ4v) is 2.33. The fourth-order valence-electron chi connectivity index (χ4n) is 1.56. The third-order valence-corrected chi connectivity index (χ3v) is 3.45. The number of hydrogen-bond acceptors (Lipinski definition) is 5. The molecule has 1 amide bonds. The molecule has 2 aromatic rings. The molecule has 0 radical (unpaired) electrons. The molecule has 7 heteroatoms. The molecule has 0 atom stereocenters. The highest BCUT2D eigenvalue weighted by atomic mass is 35.5. The number of anilines is 1. The first kappa shape index (κ1) is 14.6. The maximum Gasteiger partial charge on any atom is 0.259 e. The molecule has 0 aliphatic heterocycles. The lowest BCUT2D eigenvalue weighted by atomic mass is 10.2. The predicted octanol–water partition coefficient (Wildman–Crippen LogP) is 3.11. The Morgan fingerprint density at radius 3 is 2.80 bits per heavy atom. The SMILES string of the molecule is COc1cc(Cl)nc(NC(=O)c2ccccc2SC)n1. The van der Waals surface area contributed by atoms with E-state index in [0.717, 1.165) is 4.90 Å². The van der Waals surface area contributed by atoms with Gasteiger partial charge in [0, 0.05) is 11.0 Å². The molecule has 0 unspecified atom stereocenters. The molecule has 0 fully saturated rings. The van der Waals surface area contributed by atoms with Gasteiger partial charge in [0.2, 0.25) is 11.8 Å². The summed E-state index contributed by atoms with van der Waals surface area (Å²) < 4.78 is 4.98. The van der Waals surface area contributed by atoms with E-state index < -0.39 is 0 Å². The number of methoxy groups -OCH3 is 1. The number of halogens is 1. The van der Waals surface area contributed by atoms with E-state index in [1.165, 1.54) is 24.9 Å². The minimum atomic E-state index is -0.292. The van der Waals surface area contributed by atoms with Crippen molar-refractivity contribution in [3.05, 3.63) is 41.0 Å². The van der Waals surface area contributed by atoms with Crippen LogP contribution < -0.4 is 10.1 Å². The third kappa shape index (κ3) is 3.40. The molecular weight excluding hydrogens is 298 g/mol. The van der Waals surface area contributed by atoms with Gasteiger partial charge in [-0.3, -0.25) is 10.1 Å². The number of nitrogens with one attached hydrogen (secondary N) is 1. The van der Waals surface area contributed by atoms with Crippen molar-refractivity contribution < 1.29 is 9.53 Å². The maximum atomic E-state index is 12.2. The molecule has 1 N–H and O–H groups in total. The summed E-state index contributed by atoms with van der Waals surface area (Å²) in [4.78, 5) is 21.0. The van der Waals surface area contributed by atoms with Crippen molar-refractivity contribution in [3.8, 4) is 5.88 Å². The average Bonchev–Trinajstić information content (AvgIpc) is 2.46. The zero-order chi connectivity index (χ0) is 14.5. The van der Waals surface area contributed by atoms with Crippen LogP contribution in [0.25, 0.3) is 0 Å². The molecular formula is C13H12ClN3O2S. The van der Waals surface area contributed by atoms with Crippen LogP contribution in [0.5, 0.6) is 5.88 Å². The van der Waals surface area contributed by atoms with Crippen LogP contribution in [0.3, 0.4) is 0 Å². The van der Waals surface area contributed by atoms with Crippen LogP contribution in [-0.4, -0.2) is 29.2 Å². The van der Waals surface area contributed by atoms with Crippen LogP contribution in [0.1, 0.15) is 10.4 Å². The maximum absolute atomic E-state index is 12.2. The predicted molar refractivity (Wildman–Crippen MR) is 79.8 cm³/mol. The van der Waals surface area contributed by atoms with E-state index in [2.05, 4.69) is 15.3 Å². The van der Waals surface area contributed by atoms with Crippen molar-refractivity contribution in [1.29, 1.82) is 0 Å². The Morgan fingerprint density at radius 2 is 2.10 bits per heavy atom. The number of rotatable bonds is 4. The summed E-state index contributed by atoms with van der Waals surface area (Å²) in [5, 5.41) is 2.81. The van der Waals surface area contributed by atoms with Crippen molar-refractivity contribution in [1.82, 2.24) is 9.97 Å². The van der Waals surface area contributed by atoms with Gasteiger partial charge in [-0.05, 0) is 18.4 Å². The van der Waals surface area contributed by atoms with E-state index in [1.807, 2.05) is 18.4 Å². The van der Waals surface area contributed by atoms with Gasteiger partial charge in [-0.2, -0.15) is 4.98 Å². The molecule has 0 spiro atoms. The topological polar surface area (TPSA) is 64.1 Å². The first-order valence-corrected chi connectivity index (χ1v) is 7.27. The highest BCUT2D eigenvalue weighted by molar-refractivity contribution is 7.98. The van der Waals surface area contributed by atoms with Gasteiger partial charge in [0.05, 0.1) is 12.7 Å². The summed E-state index contributed by atoms with van der Waals surface area (Å²) in [6, 6.07) is 8.75. The van der Waals surface area contributed by atoms with Crippen LogP contribution in [0, 0.1) is 0 Å². The normalized spacial score (nSPS) is 10.2. The highest BCUT2D eigenvalue weighted by Gasteiger charge is 2.13. The summed E-state index contributed by atoms with van der Waals surface area (Å²) in [5.74, 6) is 0.105. The lowest BCUT2D eigenvalue weighted by Crippen LogP contribution is -2.15. The molecule has 104 valence electrons. The van der Waals surface area contributed by atoms with Gasteiger partial charge in [0.15, 0.2) is 0 Å². The monoisotopic (exact) mass is 309 g/mol. The zero-order valence-corrected chi connectivity index (χ0v) is 12.5. The van der Waals surface area contributed by atoms with E-state index in [1.54, 1.807) is 12.1 Å². The van der Waals surface area contributed by atoms with E-state index >= 15 is 0 Å². The molecule has 20 heavy (non-hydrogen) atoms. The first-order chi connectivity index (χ1) is 9.63. The molecule has 1 aromatic heterocycles. The minimum Gasteiger partial charge on any atom is -0.481 e. The lowest BCUT2D eigenvalue weighted by molar-refractivity contribution is 0.102. The van der Waals surface area contributed by atoms with E-state index in [-0.39, 0.29) is 17.0 Å². The van der Waals surface area contributed by atoms with Gasteiger partial charge in [-0.15, -0.1) is 11.8 Å². The van der Waals surface area contributed by atoms with Gasteiger partial charge in [-0.1, -0.05) is 23.7 Å². The van der Waals surface area contributed by atoms with Crippen LogP contribution in [0.4, 0.5) is 5.95 Å². The number of carbonyl (C=O) groups is 1. The second-order valence-corrected chi connectivity index (χ2v) is 4.95. The number of thioether (sulfide) groups is 1. The number of aromatic nitrogens is 2. The summed E-state index contributed by atoms with van der Waals surface area (Å²) in [6.45, 7) is 0. The standard InChI is InChI=1S/C13H12ClN3O2S/c1-19-11-7-10(14)15-13(16-11)17-12(18)8-5-3-4-6-9(8)20-2/h3-7H,1-2H3,(H,15,16,17,18). The summed E-state index contributed by atoms with van der Waals surface area (Å²) in [5.41, 5.74) is 0.558. The molecule has 0 saturated heterocycles.